The quantitative estimate of drug-likeness (QED) is 0.757. The van der Waals surface area contributed by atoms with E-state index in [2.05, 4.69) is 24.4 Å². The van der Waals surface area contributed by atoms with Crippen molar-refractivity contribution in [3.8, 4) is 0 Å². The molecule has 2 atom stereocenters. The van der Waals surface area contributed by atoms with Crippen molar-refractivity contribution in [3.63, 3.8) is 0 Å². The van der Waals surface area contributed by atoms with Crippen molar-refractivity contribution in [2.24, 2.45) is 11.8 Å². The van der Waals surface area contributed by atoms with Gasteiger partial charge in [-0.25, -0.2) is 0 Å². The van der Waals surface area contributed by atoms with Crippen molar-refractivity contribution in [2.45, 2.75) is 39.0 Å². The largest absolute Gasteiger partial charge is 0.380 e. The average Bonchev–Trinajstić information content (AvgIpc) is 3.14. The Morgan fingerprint density at radius 1 is 1.37 bits per heavy atom. The number of hydrogen-bond acceptors (Lipinski definition) is 1. The maximum atomic E-state index is 6.31. The second kappa shape index (κ2) is 5.58. The highest BCUT2D eigenvalue weighted by Gasteiger charge is 2.36. The molecule has 1 nitrogen and oxygen atoms in total. The zero-order chi connectivity index (χ0) is 13.2. The van der Waals surface area contributed by atoms with Crippen LogP contribution >= 0.6 is 11.6 Å². The standard InChI is InChI=1S/C17H22ClN/c1-2-13-6-4-8-16(18)17(13)19-11-12-5-3-7-14-10-15(14)9-12/h4,6,8-9,14-15,19H,2-3,5,7,10-11H2,1H3. The van der Waals surface area contributed by atoms with Crippen LogP contribution in [0.5, 0.6) is 0 Å². The van der Waals surface area contributed by atoms with E-state index in [0.717, 1.165) is 35.5 Å². The van der Waals surface area contributed by atoms with Crippen LogP contribution in [0.1, 0.15) is 38.2 Å². The highest BCUT2D eigenvalue weighted by Crippen LogP contribution is 2.46. The van der Waals surface area contributed by atoms with Gasteiger partial charge in [-0.1, -0.05) is 42.3 Å². The number of allylic oxidation sites excluding steroid dienone is 1. The molecular formula is C17H22ClN. The van der Waals surface area contributed by atoms with Gasteiger partial charge < -0.3 is 5.32 Å². The molecule has 0 saturated heterocycles. The molecule has 1 fully saturated rings. The molecule has 0 heterocycles. The number of benzene rings is 1. The summed E-state index contributed by atoms with van der Waals surface area (Å²) in [4.78, 5) is 0. The van der Waals surface area contributed by atoms with Gasteiger partial charge in [0.15, 0.2) is 0 Å². The van der Waals surface area contributed by atoms with Gasteiger partial charge in [0.05, 0.1) is 10.7 Å². The molecule has 2 heteroatoms. The van der Waals surface area contributed by atoms with Gasteiger partial charge in [-0.05, 0) is 55.6 Å². The summed E-state index contributed by atoms with van der Waals surface area (Å²) in [5, 5.41) is 4.41. The van der Waals surface area contributed by atoms with Crippen molar-refractivity contribution >= 4 is 17.3 Å². The van der Waals surface area contributed by atoms with E-state index in [1.54, 1.807) is 5.57 Å². The van der Waals surface area contributed by atoms with E-state index in [9.17, 15) is 0 Å². The highest BCUT2D eigenvalue weighted by atomic mass is 35.5. The van der Waals surface area contributed by atoms with Crippen molar-refractivity contribution in [2.75, 3.05) is 11.9 Å². The zero-order valence-corrected chi connectivity index (χ0v) is 12.3. The molecule has 2 aliphatic rings. The predicted molar refractivity (Wildman–Crippen MR) is 82.9 cm³/mol. The molecule has 1 aromatic carbocycles. The normalized spacial score (nSPS) is 25.3. The molecule has 102 valence electrons. The van der Waals surface area contributed by atoms with Gasteiger partial charge in [-0.3, -0.25) is 0 Å². The highest BCUT2D eigenvalue weighted by molar-refractivity contribution is 6.33. The first kappa shape index (κ1) is 13.1. The lowest BCUT2D eigenvalue weighted by molar-refractivity contribution is 0.660. The van der Waals surface area contributed by atoms with E-state index in [1.165, 1.54) is 31.2 Å². The molecule has 0 aromatic heterocycles. The topological polar surface area (TPSA) is 12.0 Å². The SMILES string of the molecule is CCc1cccc(Cl)c1NCC1=CC2CC2CCC1. The minimum absolute atomic E-state index is 0.845. The Morgan fingerprint density at radius 3 is 3.11 bits per heavy atom. The number of fused-ring (bicyclic) bond motifs is 1. The molecular weight excluding hydrogens is 254 g/mol. The van der Waals surface area contributed by atoms with Crippen LogP contribution in [-0.2, 0) is 6.42 Å². The smallest absolute Gasteiger partial charge is 0.0640 e. The molecule has 1 N–H and O–H groups in total. The van der Waals surface area contributed by atoms with Gasteiger partial charge in [0.25, 0.3) is 0 Å². The predicted octanol–water partition coefficient (Wildman–Crippen LogP) is 5.06. The van der Waals surface area contributed by atoms with Crippen LogP contribution in [0.25, 0.3) is 0 Å². The fourth-order valence-corrected chi connectivity index (χ4v) is 3.46. The van der Waals surface area contributed by atoms with Gasteiger partial charge in [-0.15, -0.1) is 0 Å². The molecule has 0 amide bonds. The van der Waals surface area contributed by atoms with Gasteiger partial charge in [0.1, 0.15) is 0 Å². The lowest BCUT2D eigenvalue weighted by Crippen LogP contribution is -2.07. The van der Waals surface area contributed by atoms with Crippen LogP contribution in [0.2, 0.25) is 5.02 Å². The van der Waals surface area contributed by atoms with Crippen LogP contribution in [0.3, 0.4) is 0 Å². The van der Waals surface area contributed by atoms with E-state index < -0.39 is 0 Å². The Kier molecular flexibility index (Phi) is 3.83. The number of hydrogen-bond donors (Lipinski definition) is 1. The van der Waals surface area contributed by atoms with E-state index in [-0.39, 0.29) is 0 Å². The molecule has 19 heavy (non-hydrogen) atoms. The molecule has 0 radical (unpaired) electrons. The van der Waals surface area contributed by atoms with Crippen LogP contribution in [0, 0.1) is 11.8 Å². The molecule has 2 unspecified atom stereocenters. The molecule has 2 aliphatic carbocycles. The fourth-order valence-electron chi connectivity index (χ4n) is 3.20. The first-order chi connectivity index (χ1) is 9.28. The summed E-state index contributed by atoms with van der Waals surface area (Å²) in [5.74, 6) is 1.89. The third-order valence-electron chi connectivity index (χ3n) is 4.47. The van der Waals surface area contributed by atoms with Crippen LogP contribution in [0.4, 0.5) is 5.69 Å². The minimum atomic E-state index is 0.845. The maximum absolute atomic E-state index is 6.31. The van der Waals surface area contributed by atoms with Crippen LogP contribution in [-0.4, -0.2) is 6.54 Å². The van der Waals surface area contributed by atoms with Crippen molar-refractivity contribution < 1.29 is 0 Å². The Morgan fingerprint density at radius 2 is 2.26 bits per heavy atom. The summed E-state index contributed by atoms with van der Waals surface area (Å²) < 4.78 is 0. The number of para-hydroxylation sites is 1. The van der Waals surface area contributed by atoms with Crippen molar-refractivity contribution in [1.29, 1.82) is 0 Å². The molecule has 0 bridgehead atoms. The third-order valence-corrected chi connectivity index (χ3v) is 4.79. The molecule has 0 aliphatic heterocycles. The van der Waals surface area contributed by atoms with Crippen LogP contribution < -0.4 is 5.32 Å². The van der Waals surface area contributed by atoms with Gasteiger partial charge >= 0.3 is 0 Å². The first-order valence-corrected chi connectivity index (χ1v) is 7.86. The van der Waals surface area contributed by atoms with Crippen molar-refractivity contribution in [1.82, 2.24) is 0 Å². The lowest BCUT2D eigenvalue weighted by Gasteiger charge is -2.14. The third kappa shape index (κ3) is 2.97. The summed E-state index contributed by atoms with van der Waals surface area (Å²) in [6.45, 7) is 3.14. The summed E-state index contributed by atoms with van der Waals surface area (Å²) >= 11 is 6.31. The number of anilines is 1. The average molecular weight is 276 g/mol. The maximum Gasteiger partial charge on any atom is 0.0640 e. The Labute approximate surface area is 121 Å². The van der Waals surface area contributed by atoms with E-state index >= 15 is 0 Å². The Balaban J connectivity index is 1.69. The number of rotatable bonds is 4. The summed E-state index contributed by atoms with van der Waals surface area (Å²) in [6.07, 6.45) is 9.01. The van der Waals surface area contributed by atoms with Gasteiger partial charge in [0, 0.05) is 6.54 Å². The number of halogens is 1. The summed E-state index contributed by atoms with van der Waals surface area (Å²) in [6, 6.07) is 6.17. The van der Waals surface area contributed by atoms with Gasteiger partial charge in [-0.2, -0.15) is 0 Å². The van der Waals surface area contributed by atoms with E-state index in [0.29, 0.717) is 0 Å². The van der Waals surface area contributed by atoms with Crippen molar-refractivity contribution in [3.05, 3.63) is 40.4 Å². The number of aryl methyl sites for hydroxylation is 1. The minimum Gasteiger partial charge on any atom is -0.380 e. The van der Waals surface area contributed by atoms with Gasteiger partial charge in [0.2, 0.25) is 0 Å². The molecule has 1 aromatic rings. The van der Waals surface area contributed by atoms with E-state index in [4.69, 9.17) is 11.6 Å². The zero-order valence-electron chi connectivity index (χ0n) is 11.6. The molecule has 3 rings (SSSR count). The summed E-state index contributed by atoms with van der Waals surface area (Å²) in [5.41, 5.74) is 4.02. The Hall–Kier alpha value is -0.950. The van der Waals surface area contributed by atoms with Crippen LogP contribution in [0.15, 0.2) is 29.8 Å². The second-order valence-corrected chi connectivity index (χ2v) is 6.27. The molecule has 1 saturated carbocycles. The fraction of sp³-hybridized carbons (Fsp3) is 0.529. The lowest BCUT2D eigenvalue weighted by atomic mass is 10.1. The number of nitrogens with one attached hydrogen (secondary N) is 1. The monoisotopic (exact) mass is 275 g/mol. The second-order valence-electron chi connectivity index (χ2n) is 5.86. The first-order valence-electron chi connectivity index (χ1n) is 7.48. The van der Waals surface area contributed by atoms with E-state index in [1.807, 2.05) is 12.1 Å². The summed E-state index contributed by atoms with van der Waals surface area (Å²) in [7, 11) is 0. The molecule has 0 spiro atoms. The Bertz CT molecular complexity index is 492.